The Morgan fingerprint density at radius 3 is 1.42 bits per heavy atom. The largest absolute Gasteiger partial charge is 2.00 e. The summed E-state index contributed by atoms with van der Waals surface area (Å²) in [5.41, 5.74) is 6.89. The van der Waals surface area contributed by atoms with E-state index in [1.165, 1.54) is 5.69 Å². The first-order valence-electron chi connectivity index (χ1n) is 11.1. The van der Waals surface area contributed by atoms with Crippen LogP contribution < -0.4 is 4.90 Å². The minimum absolute atomic E-state index is 0. The molecule has 0 spiro atoms. The molecule has 0 unspecified atom stereocenters. The van der Waals surface area contributed by atoms with Crippen molar-refractivity contribution in [2.24, 2.45) is 0 Å². The van der Waals surface area contributed by atoms with Gasteiger partial charge in [-0.15, -0.1) is 0 Å². The van der Waals surface area contributed by atoms with E-state index >= 15 is 0 Å². The van der Waals surface area contributed by atoms with E-state index in [1.807, 2.05) is 36.4 Å². The van der Waals surface area contributed by atoms with Gasteiger partial charge in [-0.1, -0.05) is 24.3 Å². The van der Waals surface area contributed by atoms with Gasteiger partial charge in [0.2, 0.25) is 0 Å². The maximum Gasteiger partial charge on any atom is 2.00 e. The van der Waals surface area contributed by atoms with Crippen molar-refractivity contribution in [2.75, 3.05) is 18.0 Å². The predicted octanol–water partition coefficient (Wildman–Crippen LogP) is 5.24. The van der Waals surface area contributed by atoms with Gasteiger partial charge in [0.15, 0.2) is 0 Å². The van der Waals surface area contributed by atoms with Gasteiger partial charge in [0.25, 0.3) is 0 Å². The van der Waals surface area contributed by atoms with Crippen LogP contribution in [-0.4, -0.2) is 38.2 Å². The first kappa shape index (κ1) is 31.5. The van der Waals surface area contributed by atoms with Crippen molar-refractivity contribution < 1.29 is 29.7 Å². The van der Waals surface area contributed by atoms with E-state index in [-0.39, 0.29) is 19.5 Å². The number of benzene rings is 1. The molecule has 3 aromatic heterocycles. The molecule has 0 saturated heterocycles. The molecule has 0 saturated carbocycles. The SMILES string of the molecule is CCN(CC)c1ccc(-c2cc(-c3ccccn3)nc(-c3ccccn3)c2)cc1.O=[N+]([O-])[O-].O=[N+]([O-])[O-].[Zn+2]. The predicted molar refractivity (Wildman–Crippen MR) is 140 cm³/mol. The van der Waals surface area contributed by atoms with E-state index in [0.29, 0.717) is 0 Å². The summed E-state index contributed by atoms with van der Waals surface area (Å²) < 4.78 is 0. The fourth-order valence-electron chi connectivity index (χ4n) is 3.44. The molecule has 38 heavy (non-hydrogen) atoms. The summed E-state index contributed by atoms with van der Waals surface area (Å²) >= 11 is 0. The van der Waals surface area contributed by atoms with Crippen molar-refractivity contribution in [1.29, 1.82) is 0 Å². The van der Waals surface area contributed by atoms with Gasteiger partial charge in [0, 0.05) is 31.2 Å². The van der Waals surface area contributed by atoms with Gasteiger partial charge >= 0.3 is 19.5 Å². The van der Waals surface area contributed by atoms with E-state index in [4.69, 9.17) is 35.6 Å². The summed E-state index contributed by atoms with van der Waals surface area (Å²) in [5.74, 6) is 0. The second-order valence-electron chi connectivity index (χ2n) is 7.22. The topological polar surface area (TPSA) is 174 Å². The molecule has 0 atom stereocenters. The van der Waals surface area contributed by atoms with Gasteiger partial charge in [0.05, 0.1) is 32.9 Å². The van der Waals surface area contributed by atoms with Gasteiger partial charge in [-0.25, -0.2) is 4.98 Å². The van der Waals surface area contributed by atoms with Crippen molar-refractivity contribution >= 4 is 5.69 Å². The Hall–Kier alpha value is -4.51. The number of hydrogen-bond donors (Lipinski definition) is 0. The van der Waals surface area contributed by atoms with E-state index in [2.05, 4.69) is 65.1 Å². The first-order chi connectivity index (χ1) is 17.7. The van der Waals surface area contributed by atoms with Gasteiger partial charge < -0.3 is 35.5 Å². The Morgan fingerprint density at radius 2 is 1.08 bits per heavy atom. The zero-order valence-corrected chi connectivity index (χ0v) is 23.8. The summed E-state index contributed by atoms with van der Waals surface area (Å²) in [7, 11) is 0. The number of rotatable bonds is 6. The quantitative estimate of drug-likeness (QED) is 0.170. The van der Waals surface area contributed by atoms with Gasteiger partial charge in [0.1, 0.15) is 0 Å². The molecule has 0 aliphatic rings. The molecule has 0 fully saturated rings. The summed E-state index contributed by atoms with van der Waals surface area (Å²) in [4.78, 5) is 32.7. The standard InChI is InChI=1S/C25H24N4.2NO3.Zn/c1-3-29(4-2)21-13-11-19(12-14-21)20-17-24(22-9-5-7-15-26-22)28-25(18-20)23-10-6-8-16-27-23;2*2-1(3)4;/h5-18H,3-4H2,1-2H3;;;/q;2*-1;+2. The van der Waals surface area contributed by atoms with Crippen molar-refractivity contribution in [1.82, 2.24) is 15.0 Å². The number of pyridine rings is 3. The molecular weight excluding hydrogens is 546 g/mol. The smallest absolute Gasteiger partial charge is 0.372 e. The Balaban J connectivity index is 0.000000709. The Kier molecular flexibility index (Phi) is 13.5. The normalized spacial score (nSPS) is 9.42. The van der Waals surface area contributed by atoms with Crippen LogP contribution in [0.1, 0.15) is 13.8 Å². The number of aromatic nitrogens is 3. The third kappa shape index (κ3) is 10.2. The number of hydrogen-bond acceptors (Lipinski definition) is 10. The molecule has 1 aromatic carbocycles. The molecule has 4 rings (SSSR count). The van der Waals surface area contributed by atoms with Crippen LogP contribution in [0.3, 0.4) is 0 Å². The Bertz CT molecular complexity index is 1200. The van der Waals surface area contributed by atoms with Gasteiger partial charge in [-0.05, 0) is 73.5 Å². The fourth-order valence-corrected chi connectivity index (χ4v) is 3.44. The molecule has 0 radical (unpaired) electrons. The van der Waals surface area contributed by atoms with Crippen LogP contribution in [0.25, 0.3) is 33.9 Å². The summed E-state index contributed by atoms with van der Waals surface area (Å²) in [6.07, 6.45) is 3.59. The summed E-state index contributed by atoms with van der Waals surface area (Å²) in [6.45, 7) is 6.36. The zero-order valence-electron chi connectivity index (χ0n) is 20.8. The summed E-state index contributed by atoms with van der Waals surface area (Å²) in [6, 6.07) is 24.7. The maximum absolute atomic E-state index is 8.25. The third-order valence-electron chi connectivity index (χ3n) is 5.01. The fraction of sp³-hybridized carbons (Fsp3) is 0.160. The number of anilines is 1. The first-order valence-corrected chi connectivity index (χ1v) is 11.1. The van der Waals surface area contributed by atoms with Crippen LogP contribution in [0.2, 0.25) is 0 Å². The molecule has 0 aliphatic carbocycles. The second-order valence-corrected chi connectivity index (χ2v) is 7.22. The van der Waals surface area contributed by atoms with Gasteiger partial charge in [-0.3, -0.25) is 9.97 Å². The molecule has 12 nitrogen and oxygen atoms in total. The van der Waals surface area contributed by atoms with E-state index in [9.17, 15) is 0 Å². The van der Waals surface area contributed by atoms with E-state index in [0.717, 1.165) is 47.0 Å². The van der Waals surface area contributed by atoms with E-state index in [1.54, 1.807) is 12.4 Å². The average Bonchev–Trinajstić information content (AvgIpc) is 2.90. The molecular formula is C25H24N6O6Zn. The van der Waals surface area contributed by atoms with Crippen molar-refractivity contribution in [2.45, 2.75) is 13.8 Å². The molecule has 3 heterocycles. The Labute approximate surface area is 231 Å². The molecule has 0 aliphatic heterocycles. The molecule has 0 bridgehead atoms. The van der Waals surface area contributed by atoms with Crippen LogP contribution in [-0.2, 0) is 19.5 Å². The minimum Gasteiger partial charge on any atom is -0.372 e. The average molecular weight is 570 g/mol. The van der Waals surface area contributed by atoms with Crippen LogP contribution in [0.15, 0.2) is 85.2 Å². The third-order valence-corrected chi connectivity index (χ3v) is 5.01. The number of nitrogens with zero attached hydrogens (tertiary/aromatic N) is 6. The van der Waals surface area contributed by atoms with Crippen LogP contribution >= 0.6 is 0 Å². The van der Waals surface area contributed by atoms with Crippen molar-refractivity contribution in [3.8, 4) is 33.9 Å². The molecule has 13 heteroatoms. The zero-order chi connectivity index (χ0) is 27.2. The monoisotopic (exact) mass is 568 g/mol. The minimum atomic E-state index is -1.75. The second kappa shape index (κ2) is 16.3. The molecule has 4 aromatic rings. The van der Waals surface area contributed by atoms with Crippen molar-refractivity contribution in [3.05, 3.63) is 116 Å². The van der Waals surface area contributed by atoms with Crippen molar-refractivity contribution in [3.63, 3.8) is 0 Å². The molecule has 0 N–H and O–H groups in total. The maximum atomic E-state index is 8.25. The van der Waals surface area contributed by atoms with Crippen LogP contribution in [0.4, 0.5) is 5.69 Å². The van der Waals surface area contributed by atoms with Crippen LogP contribution in [0.5, 0.6) is 0 Å². The summed E-state index contributed by atoms with van der Waals surface area (Å²) in [5, 5.41) is 29.5. The van der Waals surface area contributed by atoms with Gasteiger partial charge in [-0.2, -0.15) is 0 Å². The molecule has 0 amide bonds. The van der Waals surface area contributed by atoms with Crippen LogP contribution in [0, 0.1) is 30.6 Å². The molecule has 192 valence electrons. The van der Waals surface area contributed by atoms with E-state index < -0.39 is 10.2 Å². The Morgan fingerprint density at radius 1 is 0.658 bits per heavy atom.